The standard InChI is InChI=1S/C12H15BrN6O2/c1-6-8(13)5-19(17-6)7(2)12(21)16-9-4-15-18(3)10(9)11(14)20/h4-5,7H,1-3H3,(H2,14,20)(H,16,21)/t7-/m0/s1. The third kappa shape index (κ3) is 2.97. The number of aromatic nitrogens is 4. The maximum atomic E-state index is 12.2. The van der Waals surface area contributed by atoms with Crippen LogP contribution >= 0.6 is 15.9 Å². The van der Waals surface area contributed by atoms with Gasteiger partial charge in [0.15, 0.2) is 0 Å². The second kappa shape index (κ2) is 5.68. The Bertz CT molecular complexity index is 685. The van der Waals surface area contributed by atoms with Gasteiger partial charge in [-0.15, -0.1) is 0 Å². The molecule has 2 aromatic rings. The minimum Gasteiger partial charge on any atom is -0.364 e. The minimum atomic E-state index is -0.657. The van der Waals surface area contributed by atoms with Crippen molar-refractivity contribution >= 4 is 33.4 Å². The summed E-state index contributed by atoms with van der Waals surface area (Å²) >= 11 is 3.34. The number of amides is 2. The van der Waals surface area contributed by atoms with Crippen LogP contribution in [0.2, 0.25) is 0 Å². The number of nitrogens with two attached hydrogens (primary N) is 1. The third-order valence-corrected chi connectivity index (χ3v) is 3.84. The van der Waals surface area contributed by atoms with Crippen LogP contribution in [0.1, 0.15) is 29.1 Å². The number of hydrogen-bond acceptors (Lipinski definition) is 4. The number of rotatable bonds is 4. The Morgan fingerprint density at radius 3 is 2.67 bits per heavy atom. The first-order valence-corrected chi connectivity index (χ1v) is 6.94. The maximum Gasteiger partial charge on any atom is 0.269 e. The lowest BCUT2D eigenvalue weighted by Crippen LogP contribution is -2.26. The molecule has 0 aromatic carbocycles. The second-order valence-electron chi connectivity index (χ2n) is 4.60. The molecule has 0 fully saturated rings. The molecule has 2 rings (SSSR count). The van der Waals surface area contributed by atoms with Crippen molar-refractivity contribution in [3.63, 3.8) is 0 Å². The van der Waals surface area contributed by atoms with E-state index in [0.29, 0.717) is 0 Å². The number of hydrogen-bond donors (Lipinski definition) is 2. The van der Waals surface area contributed by atoms with Crippen LogP contribution in [0.4, 0.5) is 5.69 Å². The summed E-state index contributed by atoms with van der Waals surface area (Å²) in [7, 11) is 1.58. The first kappa shape index (κ1) is 15.2. The molecule has 9 heteroatoms. The van der Waals surface area contributed by atoms with E-state index in [1.54, 1.807) is 20.2 Å². The number of halogens is 1. The number of nitrogens with zero attached hydrogens (tertiary/aromatic N) is 4. The van der Waals surface area contributed by atoms with Crippen LogP contribution in [0, 0.1) is 6.92 Å². The third-order valence-electron chi connectivity index (χ3n) is 3.06. The predicted molar refractivity (Wildman–Crippen MR) is 79.7 cm³/mol. The SMILES string of the molecule is Cc1nn([C@@H](C)C(=O)Nc2cnn(C)c2C(N)=O)cc1Br. The average molecular weight is 355 g/mol. The smallest absolute Gasteiger partial charge is 0.269 e. The molecule has 0 bridgehead atoms. The van der Waals surface area contributed by atoms with Gasteiger partial charge in [0.1, 0.15) is 11.7 Å². The molecule has 0 saturated carbocycles. The number of carbonyl (C=O) groups excluding carboxylic acids is 2. The fraction of sp³-hybridized carbons (Fsp3) is 0.333. The monoisotopic (exact) mass is 354 g/mol. The van der Waals surface area contributed by atoms with Gasteiger partial charge in [-0.2, -0.15) is 10.2 Å². The van der Waals surface area contributed by atoms with Crippen LogP contribution in [0.3, 0.4) is 0 Å². The van der Waals surface area contributed by atoms with E-state index in [1.807, 2.05) is 6.92 Å². The van der Waals surface area contributed by atoms with Crippen molar-refractivity contribution in [2.75, 3.05) is 5.32 Å². The maximum absolute atomic E-state index is 12.2. The van der Waals surface area contributed by atoms with Crippen molar-refractivity contribution in [3.8, 4) is 0 Å². The summed E-state index contributed by atoms with van der Waals surface area (Å²) < 4.78 is 3.67. The van der Waals surface area contributed by atoms with E-state index in [4.69, 9.17) is 5.73 Å². The van der Waals surface area contributed by atoms with Crippen LogP contribution in [-0.2, 0) is 11.8 Å². The van der Waals surface area contributed by atoms with Crippen molar-refractivity contribution < 1.29 is 9.59 Å². The molecule has 2 aromatic heterocycles. The molecule has 21 heavy (non-hydrogen) atoms. The van der Waals surface area contributed by atoms with E-state index in [2.05, 4.69) is 31.4 Å². The van der Waals surface area contributed by atoms with Crippen LogP contribution in [0.15, 0.2) is 16.9 Å². The van der Waals surface area contributed by atoms with Gasteiger partial charge in [0.2, 0.25) is 5.91 Å². The highest BCUT2D eigenvalue weighted by Gasteiger charge is 2.21. The van der Waals surface area contributed by atoms with Gasteiger partial charge >= 0.3 is 0 Å². The average Bonchev–Trinajstić information content (AvgIpc) is 2.92. The lowest BCUT2D eigenvalue weighted by Gasteiger charge is -2.12. The molecular formula is C12H15BrN6O2. The Morgan fingerprint density at radius 2 is 2.14 bits per heavy atom. The summed E-state index contributed by atoms with van der Waals surface area (Å²) in [5.41, 5.74) is 6.49. The molecule has 0 unspecified atom stereocenters. The van der Waals surface area contributed by atoms with Crippen LogP contribution in [0.5, 0.6) is 0 Å². The van der Waals surface area contributed by atoms with E-state index in [1.165, 1.54) is 15.6 Å². The molecule has 0 aliphatic carbocycles. The van der Waals surface area contributed by atoms with E-state index >= 15 is 0 Å². The number of primary amides is 1. The Hall–Kier alpha value is -2.16. The number of aryl methyl sites for hydroxylation is 2. The Balaban J connectivity index is 2.20. The fourth-order valence-electron chi connectivity index (χ4n) is 1.84. The molecule has 2 amide bonds. The van der Waals surface area contributed by atoms with E-state index in [9.17, 15) is 9.59 Å². The molecule has 0 saturated heterocycles. The number of carbonyl (C=O) groups is 2. The lowest BCUT2D eigenvalue weighted by molar-refractivity contribution is -0.119. The van der Waals surface area contributed by atoms with Crippen molar-refractivity contribution in [1.29, 1.82) is 0 Å². The summed E-state index contributed by atoms with van der Waals surface area (Å²) in [4.78, 5) is 23.6. The Kier molecular flexibility index (Phi) is 4.12. The van der Waals surface area contributed by atoms with Gasteiger partial charge in [-0.3, -0.25) is 19.0 Å². The van der Waals surface area contributed by atoms with Gasteiger partial charge in [0, 0.05) is 13.2 Å². The zero-order valence-electron chi connectivity index (χ0n) is 11.8. The molecule has 8 nitrogen and oxygen atoms in total. The van der Waals surface area contributed by atoms with Crippen LogP contribution in [-0.4, -0.2) is 31.4 Å². The molecule has 0 aliphatic heterocycles. The zero-order chi connectivity index (χ0) is 15.7. The van der Waals surface area contributed by atoms with Crippen LogP contribution in [0.25, 0.3) is 0 Å². The van der Waals surface area contributed by atoms with E-state index in [-0.39, 0.29) is 17.3 Å². The van der Waals surface area contributed by atoms with E-state index in [0.717, 1.165) is 10.2 Å². The molecule has 0 spiro atoms. The normalized spacial score (nSPS) is 12.2. The molecule has 0 radical (unpaired) electrons. The first-order valence-electron chi connectivity index (χ1n) is 6.15. The molecule has 1 atom stereocenters. The Labute approximate surface area is 129 Å². The van der Waals surface area contributed by atoms with E-state index < -0.39 is 11.9 Å². The van der Waals surface area contributed by atoms with Gasteiger partial charge in [0.25, 0.3) is 5.91 Å². The van der Waals surface area contributed by atoms with Gasteiger partial charge in [-0.25, -0.2) is 0 Å². The highest BCUT2D eigenvalue weighted by molar-refractivity contribution is 9.10. The Morgan fingerprint density at radius 1 is 1.48 bits per heavy atom. The van der Waals surface area contributed by atoms with Gasteiger partial charge in [0.05, 0.1) is 22.1 Å². The molecule has 3 N–H and O–H groups in total. The van der Waals surface area contributed by atoms with Crippen molar-refractivity contribution in [1.82, 2.24) is 19.6 Å². The molecule has 112 valence electrons. The first-order chi connectivity index (χ1) is 9.81. The number of anilines is 1. The topological polar surface area (TPSA) is 108 Å². The quantitative estimate of drug-likeness (QED) is 0.852. The molecule has 0 aliphatic rings. The van der Waals surface area contributed by atoms with Gasteiger partial charge in [-0.05, 0) is 29.8 Å². The largest absolute Gasteiger partial charge is 0.364 e. The summed E-state index contributed by atoms with van der Waals surface area (Å²) in [5, 5.41) is 10.8. The second-order valence-corrected chi connectivity index (χ2v) is 5.46. The fourth-order valence-corrected chi connectivity index (χ4v) is 2.13. The highest BCUT2D eigenvalue weighted by Crippen LogP contribution is 2.19. The summed E-state index contributed by atoms with van der Waals surface area (Å²) in [5.74, 6) is -0.976. The summed E-state index contributed by atoms with van der Waals surface area (Å²) in [6.45, 7) is 3.53. The van der Waals surface area contributed by atoms with Gasteiger partial charge < -0.3 is 11.1 Å². The predicted octanol–water partition coefficient (Wildman–Crippen LogP) is 0.986. The number of nitrogens with one attached hydrogen (secondary N) is 1. The van der Waals surface area contributed by atoms with Crippen molar-refractivity contribution in [3.05, 3.63) is 28.3 Å². The van der Waals surface area contributed by atoms with Crippen LogP contribution < -0.4 is 11.1 Å². The minimum absolute atomic E-state index is 0.147. The summed E-state index contributed by atoms with van der Waals surface area (Å²) in [6.07, 6.45) is 3.10. The van der Waals surface area contributed by atoms with Crippen molar-refractivity contribution in [2.45, 2.75) is 19.9 Å². The lowest BCUT2D eigenvalue weighted by atomic mass is 10.3. The molecular weight excluding hydrogens is 340 g/mol. The highest BCUT2D eigenvalue weighted by atomic mass is 79.9. The van der Waals surface area contributed by atoms with Gasteiger partial charge in [-0.1, -0.05) is 0 Å². The molecule has 2 heterocycles. The van der Waals surface area contributed by atoms with Crippen molar-refractivity contribution in [2.24, 2.45) is 12.8 Å². The summed E-state index contributed by atoms with van der Waals surface area (Å²) in [6, 6.07) is -0.545. The zero-order valence-corrected chi connectivity index (χ0v) is 13.4.